The highest BCUT2D eigenvalue weighted by molar-refractivity contribution is 5.30. The van der Waals surface area contributed by atoms with E-state index < -0.39 is 18.6 Å². The zero-order chi connectivity index (χ0) is 12.9. The number of nitrogens with one attached hydrogen (secondary N) is 1. The van der Waals surface area contributed by atoms with Gasteiger partial charge in [0, 0.05) is 24.3 Å². The predicted octanol–water partition coefficient (Wildman–Crippen LogP) is 2.38. The summed E-state index contributed by atoms with van der Waals surface area (Å²) in [6, 6.07) is 4.51. The Morgan fingerprint density at radius 2 is 2.24 bits per heavy atom. The molecule has 1 N–H and O–H groups in total. The number of pyridine rings is 1. The van der Waals surface area contributed by atoms with Crippen LogP contribution in [0.5, 0.6) is 0 Å². The van der Waals surface area contributed by atoms with Crippen LogP contribution >= 0.6 is 0 Å². The molecule has 0 saturated carbocycles. The first-order valence-corrected chi connectivity index (χ1v) is 5.06. The van der Waals surface area contributed by atoms with Crippen LogP contribution in [0.15, 0.2) is 18.3 Å². The van der Waals surface area contributed by atoms with Crippen molar-refractivity contribution in [3.05, 3.63) is 29.6 Å². The van der Waals surface area contributed by atoms with E-state index in [0.29, 0.717) is 5.56 Å². The maximum atomic E-state index is 12.1. The van der Waals surface area contributed by atoms with E-state index in [1.54, 1.807) is 12.1 Å². The van der Waals surface area contributed by atoms with Crippen molar-refractivity contribution >= 4 is 0 Å². The van der Waals surface area contributed by atoms with Crippen molar-refractivity contribution in [3.8, 4) is 6.07 Å². The van der Waals surface area contributed by atoms with Crippen LogP contribution < -0.4 is 5.32 Å². The van der Waals surface area contributed by atoms with Gasteiger partial charge in [-0.05, 0) is 13.0 Å². The van der Waals surface area contributed by atoms with Gasteiger partial charge in [0.05, 0.1) is 6.42 Å². The van der Waals surface area contributed by atoms with Gasteiger partial charge in [0.25, 0.3) is 0 Å². The smallest absolute Gasteiger partial charge is 0.310 e. The van der Waals surface area contributed by atoms with Crippen LogP contribution in [0.3, 0.4) is 0 Å². The molecular formula is C11H12F3N3. The van der Waals surface area contributed by atoms with Crippen LogP contribution in [0.2, 0.25) is 0 Å². The van der Waals surface area contributed by atoms with Gasteiger partial charge in [-0.1, -0.05) is 6.07 Å². The summed E-state index contributed by atoms with van der Waals surface area (Å²) < 4.78 is 36.2. The van der Waals surface area contributed by atoms with Gasteiger partial charge in [0.1, 0.15) is 11.8 Å². The van der Waals surface area contributed by atoms with Crippen molar-refractivity contribution in [2.45, 2.75) is 32.1 Å². The lowest BCUT2D eigenvalue weighted by molar-refractivity contribution is -0.139. The quantitative estimate of drug-likeness (QED) is 0.883. The molecule has 1 atom stereocenters. The van der Waals surface area contributed by atoms with Crippen LogP contribution in [-0.2, 0) is 6.54 Å². The second-order valence-corrected chi connectivity index (χ2v) is 3.72. The number of hydrogen-bond acceptors (Lipinski definition) is 3. The molecule has 0 radical (unpaired) electrons. The second kappa shape index (κ2) is 5.64. The van der Waals surface area contributed by atoms with Crippen molar-refractivity contribution in [2.24, 2.45) is 0 Å². The van der Waals surface area contributed by atoms with E-state index in [2.05, 4.69) is 10.3 Å². The van der Waals surface area contributed by atoms with E-state index >= 15 is 0 Å². The molecule has 1 aromatic rings. The van der Waals surface area contributed by atoms with Crippen molar-refractivity contribution in [1.29, 1.82) is 5.26 Å². The Bertz CT molecular complexity index is 409. The average molecular weight is 243 g/mol. The molecule has 17 heavy (non-hydrogen) atoms. The Morgan fingerprint density at radius 3 is 2.82 bits per heavy atom. The van der Waals surface area contributed by atoms with Gasteiger partial charge in [-0.25, -0.2) is 4.98 Å². The molecule has 0 fully saturated rings. The van der Waals surface area contributed by atoms with Crippen LogP contribution in [0.25, 0.3) is 0 Å². The zero-order valence-corrected chi connectivity index (χ0v) is 9.25. The number of nitriles is 1. The van der Waals surface area contributed by atoms with Crippen LogP contribution in [-0.4, -0.2) is 17.2 Å². The number of halogens is 3. The lowest BCUT2D eigenvalue weighted by Gasteiger charge is -2.15. The average Bonchev–Trinajstić information content (AvgIpc) is 2.24. The van der Waals surface area contributed by atoms with E-state index in [0.717, 1.165) is 0 Å². The Balaban J connectivity index is 2.54. The Kier molecular flexibility index (Phi) is 4.46. The maximum absolute atomic E-state index is 12.1. The summed E-state index contributed by atoms with van der Waals surface area (Å²) in [6.45, 7) is 1.66. The summed E-state index contributed by atoms with van der Waals surface area (Å²) in [5, 5.41) is 11.5. The van der Waals surface area contributed by atoms with E-state index in [-0.39, 0.29) is 12.2 Å². The first kappa shape index (κ1) is 13.5. The van der Waals surface area contributed by atoms with Gasteiger partial charge in [0.2, 0.25) is 0 Å². The number of aromatic nitrogens is 1. The molecule has 0 bridgehead atoms. The van der Waals surface area contributed by atoms with Crippen molar-refractivity contribution in [3.63, 3.8) is 0 Å². The second-order valence-electron chi connectivity index (χ2n) is 3.72. The van der Waals surface area contributed by atoms with E-state index in [1.165, 1.54) is 13.1 Å². The van der Waals surface area contributed by atoms with E-state index in [1.807, 2.05) is 6.07 Å². The predicted molar refractivity (Wildman–Crippen MR) is 55.9 cm³/mol. The monoisotopic (exact) mass is 243 g/mol. The molecular weight excluding hydrogens is 231 g/mol. The summed E-state index contributed by atoms with van der Waals surface area (Å²) >= 11 is 0. The third-order valence-corrected chi connectivity index (χ3v) is 2.18. The first-order chi connectivity index (χ1) is 7.92. The molecule has 1 aromatic heterocycles. The molecule has 0 spiro atoms. The van der Waals surface area contributed by atoms with Crippen LogP contribution in [0, 0.1) is 11.3 Å². The van der Waals surface area contributed by atoms with Crippen LogP contribution in [0.1, 0.15) is 24.6 Å². The molecule has 3 nitrogen and oxygen atoms in total. The summed E-state index contributed by atoms with van der Waals surface area (Å²) in [6.07, 6.45) is -3.60. The minimum absolute atomic E-state index is 0.202. The largest absolute Gasteiger partial charge is 0.390 e. The molecule has 92 valence electrons. The molecule has 0 aliphatic heterocycles. The fourth-order valence-corrected chi connectivity index (χ4v) is 1.39. The van der Waals surface area contributed by atoms with E-state index in [9.17, 15) is 13.2 Å². The van der Waals surface area contributed by atoms with Gasteiger partial charge in [-0.2, -0.15) is 18.4 Å². The van der Waals surface area contributed by atoms with Gasteiger partial charge in [-0.3, -0.25) is 0 Å². The molecule has 0 saturated heterocycles. The Morgan fingerprint density at radius 1 is 1.53 bits per heavy atom. The van der Waals surface area contributed by atoms with Crippen LogP contribution in [0.4, 0.5) is 13.2 Å². The van der Waals surface area contributed by atoms with Crippen molar-refractivity contribution < 1.29 is 13.2 Å². The van der Waals surface area contributed by atoms with Gasteiger partial charge >= 0.3 is 6.18 Å². The van der Waals surface area contributed by atoms with Gasteiger partial charge < -0.3 is 5.32 Å². The maximum Gasteiger partial charge on any atom is 0.390 e. The standard InChI is InChI=1S/C11H12F3N3/c1-8(5-11(12,13)14)17-7-9-3-2-4-16-10(9)6-15/h2-4,8,17H,5,7H2,1H3. The normalized spacial score (nSPS) is 13.1. The summed E-state index contributed by atoms with van der Waals surface area (Å²) in [7, 11) is 0. The molecule has 1 rings (SSSR count). The highest BCUT2D eigenvalue weighted by Gasteiger charge is 2.29. The number of rotatable bonds is 4. The minimum Gasteiger partial charge on any atom is -0.310 e. The minimum atomic E-state index is -4.18. The Hall–Kier alpha value is -1.61. The highest BCUT2D eigenvalue weighted by atomic mass is 19.4. The lowest BCUT2D eigenvalue weighted by Crippen LogP contribution is -2.31. The third-order valence-electron chi connectivity index (χ3n) is 2.18. The summed E-state index contributed by atoms with van der Waals surface area (Å²) in [5.41, 5.74) is 0.836. The molecule has 0 aliphatic rings. The molecule has 0 aromatic carbocycles. The third kappa shape index (κ3) is 4.83. The van der Waals surface area contributed by atoms with Crippen molar-refractivity contribution in [1.82, 2.24) is 10.3 Å². The zero-order valence-electron chi connectivity index (χ0n) is 9.25. The molecule has 0 amide bonds. The number of hydrogen-bond donors (Lipinski definition) is 1. The van der Waals surface area contributed by atoms with Gasteiger partial charge in [-0.15, -0.1) is 0 Å². The fraction of sp³-hybridized carbons (Fsp3) is 0.455. The van der Waals surface area contributed by atoms with Crippen molar-refractivity contribution in [2.75, 3.05) is 0 Å². The van der Waals surface area contributed by atoms with Gasteiger partial charge in [0.15, 0.2) is 0 Å². The topological polar surface area (TPSA) is 48.7 Å². The first-order valence-electron chi connectivity index (χ1n) is 5.06. The van der Waals surface area contributed by atoms with E-state index in [4.69, 9.17) is 5.26 Å². The molecule has 6 heteroatoms. The summed E-state index contributed by atoms with van der Waals surface area (Å²) in [5.74, 6) is 0. The summed E-state index contributed by atoms with van der Waals surface area (Å²) in [4.78, 5) is 3.83. The molecule has 1 heterocycles. The lowest BCUT2D eigenvalue weighted by atomic mass is 10.1. The molecule has 1 unspecified atom stereocenters. The number of nitrogens with zero attached hydrogens (tertiary/aromatic N) is 2. The number of alkyl halides is 3. The molecule has 0 aliphatic carbocycles. The highest BCUT2D eigenvalue weighted by Crippen LogP contribution is 2.21. The Labute approximate surface area is 97.3 Å². The SMILES string of the molecule is CC(CC(F)(F)F)NCc1cccnc1C#N. The fourth-order valence-electron chi connectivity index (χ4n) is 1.39.